The molecule has 0 radical (unpaired) electrons. The molecule has 0 unspecified atom stereocenters. The first-order valence-electron chi connectivity index (χ1n) is 10.2. The number of aromatic nitrogens is 4. The van der Waals surface area contributed by atoms with Crippen molar-refractivity contribution >= 4 is 21.5 Å². The highest BCUT2D eigenvalue weighted by atomic mass is 32.2. The van der Waals surface area contributed by atoms with E-state index in [1.54, 1.807) is 22.7 Å². The van der Waals surface area contributed by atoms with Crippen LogP contribution >= 0.6 is 0 Å². The van der Waals surface area contributed by atoms with E-state index >= 15 is 0 Å². The summed E-state index contributed by atoms with van der Waals surface area (Å²) in [6.07, 6.45) is 1.20. The summed E-state index contributed by atoms with van der Waals surface area (Å²) < 4.78 is 34.6. The van der Waals surface area contributed by atoms with Gasteiger partial charge in [0.05, 0.1) is 7.11 Å². The Morgan fingerprint density at radius 1 is 0.906 bits per heavy atom. The van der Waals surface area contributed by atoms with E-state index in [-0.39, 0.29) is 11.4 Å². The van der Waals surface area contributed by atoms with Crippen LogP contribution in [0.1, 0.15) is 11.4 Å². The van der Waals surface area contributed by atoms with Crippen LogP contribution < -0.4 is 14.8 Å². The van der Waals surface area contributed by atoms with Crippen molar-refractivity contribution in [2.24, 2.45) is 0 Å². The van der Waals surface area contributed by atoms with E-state index in [9.17, 15) is 8.42 Å². The molecule has 10 heteroatoms. The number of fused-ring (bicyclic) bond motifs is 1. The Morgan fingerprint density at radius 2 is 1.69 bits per heavy atom. The normalized spacial score (nSPS) is 11.5. The molecule has 0 bridgehead atoms. The number of para-hydroxylation sites is 1. The van der Waals surface area contributed by atoms with Gasteiger partial charge in [0.15, 0.2) is 11.5 Å². The molecular formula is C22H24N6O3S. The van der Waals surface area contributed by atoms with Crippen LogP contribution in [-0.2, 0) is 22.9 Å². The van der Waals surface area contributed by atoms with Crippen LogP contribution in [0.3, 0.4) is 0 Å². The quantitative estimate of drug-likeness (QED) is 0.380. The molecule has 32 heavy (non-hydrogen) atoms. The van der Waals surface area contributed by atoms with Crippen molar-refractivity contribution in [2.45, 2.75) is 17.7 Å². The summed E-state index contributed by atoms with van der Waals surface area (Å²) >= 11 is 0. The van der Waals surface area contributed by atoms with E-state index < -0.39 is 10.0 Å². The highest BCUT2D eigenvalue weighted by molar-refractivity contribution is 7.89. The summed E-state index contributed by atoms with van der Waals surface area (Å²) in [5.74, 6) is 1.55. The summed E-state index contributed by atoms with van der Waals surface area (Å²) in [5.41, 5.74) is 1.84. The van der Waals surface area contributed by atoms with Gasteiger partial charge in [-0.2, -0.15) is 4.52 Å². The van der Waals surface area contributed by atoms with Crippen LogP contribution in [-0.4, -0.2) is 48.4 Å². The minimum absolute atomic E-state index is 0.0941. The molecule has 0 saturated heterocycles. The summed E-state index contributed by atoms with van der Waals surface area (Å²) in [4.78, 5) is 0.0941. The summed E-state index contributed by atoms with van der Waals surface area (Å²) in [6, 6.07) is 20.4. The molecule has 0 amide bonds. The van der Waals surface area contributed by atoms with Crippen molar-refractivity contribution in [3.63, 3.8) is 0 Å². The van der Waals surface area contributed by atoms with Crippen LogP contribution in [0.2, 0.25) is 0 Å². The Kier molecular flexibility index (Phi) is 6.62. The maximum atomic E-state index is 12.6. The average molecular weight is 453 g/mol. The minimum atomic E-state index is -3.72. The molecule has 0 atom stereocenters. The van der Waals surface area contributed by atoms with Gasteiger partial charge in [0.25, 0.3) is 0 Å². The van der Waals surface area contributed by atoms with Gasteiger partial charge in [-0.25, -0.2) is 13.1 Å². The molecule has 0 fully saturated rings. The third-order valence-electron chi connectivity index (χ3n) is 4.89. The lowest BCUT2D eigenvalue weighted by atomic mass is 10.1. The van der Waals surface area contributed by atoms with E-state index in [0.29, 0.717) is 29.5 Å². The zero-order valence-corrected chi connectivity index (χ0v) is 18.4. The molecule has 9 nitrogen and oxygen atoms in total. The zero-order chi connectivity index (χ0) is 22.4. The van der Waals surface area contributed by atoms with E-state index in [1.165, 1.54) is 18.7 Å². The Bertz CT molecular complexity index is 1290. The van der Waals surface area contributed by atoms with Crippen molar-refractivity contribution < 1.29 is 13.2 Å². The highest BCUT2D eigenvalue weighted by Gasteiger charge is 2.19. The number of sulfonamides is 1. The van der Waals surface area contributed by atoms with Crippen molar-refractivity contribution in [3.05, 3.63) is 78.1 Å². The maximum absolute atomic E-state index is 12.6. The number of ether oxygens (including phenoxy) is 1. The number of nitrogens with one attached hydrogen (secondary N) is 2. The first-order chi connectivity index (χ1) is 15.6. The standard InChI is InChI=1S/C22H24N6O3S/c1-31-18-9-5-6-10-19(18)32(29,30)24-16-14-22-26-25-21-12-11-20(27-28(21)22)23-15-13-17-7-3-2-4-8-17/h2-12,24H,13-16H2,1H3,(H,23,27). The fraction of sp³-hybridized carbons (Fsp3) is 0.227. The molecule has 0 saturated carbocycles. The molecule has 2 aromatic heterocycles. The lowest BCUT2D eigenvalue weighted by Gasteiger charge is -2.10. The van der Waals surface area contributed by atoms with Gasteiger partial charge in [-0.15, -0.1) is 15.3 Å². The molecule has 166 valence electrons. The number of nitrogens with zero attached hydrogens (tertiary/aromatic N) is 4. The van der Waals surface area contributed by atoms with Crippen LogP contribution in [0.5, 0.6) is 5.75 Å². The third kappa shape index (κ3) is 5.04. The van der Waals surface area contributed by atoms with Crippen molar-refractivity contribution in [2.75, 3.05) is 25.5 Å². The predicted molar refractivity (Wildman–Crippen MR) is 121 cm³/mol. The fourth-order valence-electron chi connectivity index (χ4n) is 3.28. The molecule has 4 rings (SSSR count). The molecule has 0 aliphatic carbocycles. The van der Waals surface area contributed by atoms with E-state index in [1.807, 2.05) is 30.3 Å². The number of hydrogen-bond acceptors (Lipinski definition) is 7. The average Bonchev–Trinajstić information content (AvgIpc) is 3.22. The van der Waals surface area contributed by atoms with Gasteiger partial charge < -0.3 is 10.1 Å². The number of rotatable bonds is 10. The second kappa shape index (κ2) is 9.75. The van der Waals surface area contributed by atoms with E-state index in [0.717, 1.165) is 13.0 Å². The number of hydrogen-bond donors (Lipinski definition) is 2. The first kappa shape index (κ1) is 21.7. The molecular weight excluding hydrogens is 428 g/mol. The SMILES string of the molecule is COc1ccccc1S(=O)(=O)NCCc1nnc2ccc(NCCc3ccccc3)nn12. The molecule has 2 aromatic carbocycles. The lowest BCUT2D eigenvalue weighted by molar-refractivity contribution is 0.402. The maximum Gasteiger partial charge on any atom is 0.244 e. The zero-order valence-electron chi connectivity index (χ0n) is 17.6. The molecule has 0 spiro atoms. The topological polar surface area (TPSA) is 111 Å². The van der Waals surface area contributed by atoms with Gasteiger partial charge >= 0.3 is 0 Å². The van der Waals surface area contributed by atoms with Crippen molar-refractivity contribution in [1.82, 2.24) is 24.5 Å². The number of methoxy groups -OCH3 is 1. The van der Waals surface area contributed by atoms with Gasteiger partial charge in [-0.1, -0.05) is 42.5 Å². The molecule has 2 heterocycles. The van der Waals surface area contributed by atoms with Crippen LogP contribution in [0, 0.1) is 0 Å². The molecule has 4 aromatic rings. The number of benzene rings is 2. The largest absolute Gasteiger partial charge is 0.495 e. The Morgan fingerprint density at radius 3 is 2.50 bits per heavy atom. The summed E-state index contributed by atoms with van der Waals surface area (Å²) in [6.45, 7) is 0.882. The summed E-state index contributed by atoms with van der Waals surface area (Å²) in [7, 11) is -2.28. The predicted octanol–water partition coefficient (Wildman–Crippen LogP) is 2.31. The van der Waals surface area contributed by atoms with Gasteiger partial charge in [-0.3, -0.25) is 0 Å². The van der Waals surface area contributed by atoms with Crippen LogP contribution in [0.25, 0.3) is 5.65 Å². The second-order valence-corrected chi connectivity index (χ2v) is 8.80. The minimum Gasteiger partial charge on any atom is -0.495 e. The second-order valence-electron chi connectivity index (χ2n) is 7.07. The smallest absolute Gasteiger partial charge is 0.244 e. The third-order valence-corrected chi connectivity index (χ3v) is 6.39. The molecule has 0 aliphatic rings. The fourth-order valence-corrected chi connectivity index (χ4v) is 4.48. The van der Waals surface area contributed by atoms with Crippen LogP contribution in [0.4, 0.5) is 5.82 Å². The summed E-state index contributed by atoms with van der Waals surface area (Å²) in [5, 5.41) is 16.1. The first-order valence-corrected chi connectivity index (χ1v) is 11.7. The van der Waals surface area contributed by atoms with Gasteiger partial charge in [-0.05, 0) is 36.2 Å². The lowest BCUT2D eigenvalue weighted by Crippen LogP contribution is -2.27. The van der Waals surface area contributed by atoms with Crippen LogP contribution in [0.15, 0.2) is 71.6 Å². The Hall–Kier alpha value is -3.50. The van der Waals surface area contributed by atoms with Gasteiger partial charge in [0.1, 0.15) is 16.5 Å². The van der Waals surface area contributed by atoms with Gasteiger partial charge in [0, 0.05) is 19.5 Å². The molecule has 2 N–H and O–H groups in total. The van der Waals surface area contributed by atoms with E-state index in [2.05, 4.69) is 37.5 Å². The highest BCUT2D eigenvalue weighted by Crippen LogP contribution is 2.22. The monoisotopic (exact) mass is 452 g/mol. The van der Waals surface area contributed by atoms with Crippen molar-refractivity contribution in [1.29, 1.82) is 0 Å². The van der Waals surface area contributed by atoms with E-state index in [4.69, 9.17) is 4.74 Å². The van der Waals surface area contributed by atoms with Gasteiger partial charge in [0.2, 0.25) is 10.0 Å². The Balaban J connectivity index is 1.39. The molecule has 0 aliphatic heterocycles. The number of anilines is 1. The van der Waals surface area contributed by atoms with Crippen molar-refractivity contribution in [3.8, 4) is 5.75 Å². The Labute approximate surface area is 186 Å².